The number of amides is 2. The van der Waals surface area contributed by atoms with E-state index in [9.17, 15) is 19.2 Å². The zero-order valence-electron chi connectivity index (χ0n) is 21.5. The normalized spacial score (nSPS) is 13.1. The number of anilines is 2. The van der Waals surface area contributed by atoms with E-state index < -0.39 is 23.8 Å². The smallest absolute Gasteiger partial charge is 0.343 e. The number of rotatable bonds is 10. The van der Waals surface area contributed by atoms with Crippen LogP contribution in [0, 0.1) is 0 Å². The summed E-state index contributed by atoms with van der Waals surface area (Å²) in [6.07, 6.45) is 2.55. The summed E-state index contributed by atoms with van der Waals surface area (Å²) in [6, 6.07) is 19.4. The van der Waals surface area contributed by atoms with Gasteiger partial charge >= 0.3 is 11.9 Å². The Hall–Kier alpha value is -4.43. The highest BCUT2D eigenvalue weighted by atomic mass is 35.5. The topological polar surface area (TPSA) is 102 Å². The van der Waals surface area contributed by atoms with Crippen molar-refractivity contribution in [3.8, 4) is 5.75 Å². The first-order valence-corrected chi connectivity index (χ1v) is 12.9. The van der Waals surface area contributed by atoms with Crippen LogP contribution in [-0.4, -0.2) is 30.4 Å². The number of halogens is 1. The lowest BCUT2D eigenvalue weighted by atomic mass is 10.1. The Bertz CT molecular complexity index is 1410. The third kappa shape index (κ3) is 6.35. The molecule has 0 fully saturated rings. The lowest BCUT2D eigenvalue weighted by molar-refractivity contribution is -0.120. The van der Waals surface area contributed by atoms with Crippen LogP contribution in [0.25, 0.3) is 0 Å². The molecule has 1 aliphatic heterocycles. The first-order chi connectivity index (χ1) is 18.8. The number of aryl methyl sites for hydroxylation is 1. The van der Waals surface area contributed by atoms with Gasteiger partial charge in [0, 0.05) is 5.69 Å². The molecule has 0 unspecified atom stereocenters. The average molecular weight is 547 g/mol. The number of carbonyl (C=O) groups excluding carboxylic acids is 4. The van der Waals surface area contributed by atoms with E-state index in [0.29, 0.717) is 29.2 Å². The van der Waals surface area contributed by atoms with Gasteiger partial charge in [-0.05, 0) is 79.1 Å². The van der Waals surface area contributed by atoms with E-state index >= 15 is 0 Å². The summed E-state index contributed by atoms with van der Waals surface area (Å²) in [4.78, 5) is 51.4. The first kappa shape index (κ1) is 27.6. The summed E-state index contributed by atoms with van der Waals surface area (Å²) in [7, 11) is 0. The van der Waals surface area contributed by atoms with E-state index in [-0.39, 0.29) is 16.4 Å². The highest BCUT2D eigenvalue weighted by molar-refractivity contribution is 6.53. The molecule has 1 heterocycles. The molecule has 200 valence electrons. The van der Waals surface area contributed by atoms with Crippen molar-refractivity contribution in [2.45, 2.75) is 33.1 Å². The van der Waals surface area contributed by atoms with Crippen molar-refractivity contribution in [2.24, 2.45) is 0 Å². The molecule has 3 aromatic rings. The van der Waals surface area contributed by atoms with Gasteiger partial charge in [0.15, 0.2) is 0 Å². The molecule has 2 amide bonds. The minimum absolute atomic E-state index is 0.101. The van der Waals surface area contributed by atoms with Gasteiger partial charge in [0.05, 0.1) is 23.4 Å². The summed E-state index contributed by atoms with van der Waals surface area (Å²) in [6.45, 7) is 4.36. The van der Waals surface area contributed by atoms with Crippen molar-refractivity contribution < 1.29 is 28.7 Å². The highest BCUT2D eigenvalue weighted by Gasteiger charge is 2.39. The van der Waals surface area contributed by atoms with Crippen LogP contribution in [0.15, 0.2) is 83.5 Å². The fourth-order valence-electron chi connectivity index (χ4n) is 3.78. The van der Waals surface area contributed by atoms with Gasteiger partial charge in [0.1, 0.15) is 16.5 Å². The molecule has 0 aromatic heterocycles. The Morgan fingerprint density at radius 1 is 0.821 bits per heavy atom. The molecule has 0 saturated heterocycles. The Balaban J connectivity index is 1.40. The molecule has 0 saturated carbocycles. The zero-order chi connectivity index (χ0) is 27.9. The van der Waals surface area contributed by atoms with Crippen LogP contribution in [0.2, 0.25) is 0 Å². The van der Waals surface area contributed by atoms with Gasteiger partial charge in [0.2, 0.25) is 0 Å². The molecule has 8 nitrogen and oxygen atoms in total. The molecule has 4 rings (SSSR count). The lowest BCUT2D eigenvalue weighted by Crippen LogP contribution is -2.32. The molecular weight excluding hydrogens is 520 g/mol. The molecule has 9 heteroatoms. The van der Waals surface area contributed by atoms with Gasteiger partial charge in [0.25, 0.3) is 11.8 Å². The van der Waals surface area contributed by atoms with Gasteiger partial charge in [-0.2, -0.15) is 0 Å². The predicted molar refractivity (Wildman–Crippen MR) is 148 cm³/mol. The number of esters is 2. The fraction of sp³-hybridized carbons (Fsp3) is 0.200. The maximum atomic E-state index is 13.1. The van der Waals surface area contributed by atoms with Crippen molar-refractivity contribution in [3.63, 3.8) is 0 Å². The Morgan fingerprint density at radius 3 is 2.05 bits per heavy atom. The third-order valence-corrected chi connectivity index (χ3v) is 6.40. The van der Waals surface area contributed by atoms with Crippen LogP contribution in [0.5, 0.6) is 5.75 Å². The summed E-state index contributed by atoms with van der Waals surface area (Å²) < 4.78 is 10.6. The summed E-state index contributed by atoms with van der Waals surface area (Å²) in [5.74, 6) is -1.92. The molecule has 0 atom stereocenters. The van der Waals surface area contributed by atoms with Crippen molar-refractivity contribution in [2.75, 3.05) is 16.8 Å². The number of nitrogens with zero attached hydrogens (tertiary/aromatic N) is 1. The first-order valence-electron chi connectivity index (χ1n) is 12.6. The van der Waals surface area contributed by atoms with Crippen LogP contribution >= 0.6 is 11.6 Å². The van der Waals surface area contributed by atoms with Crippen molar-refractivity contribution >= 4 is 46.7 Å². The summed E-state index contributed by atoms with van der Waals surface area (Å²) in [5, 5.41) is 2.59. The Kier molecular flexibility index (Phi) is 8.78. The Labute approximate surface area is 231 Å². The minimum Gasteiger partial charge on any atom is -0.462 e. The molecule has 1 N–H and O–H groups in total. The maximum Gasteiger partial charge on any atom is 0.343 e. The lowest BCUT2D eigenvalue weighted by Gasteiger charge is -2.15. The number of nitrogens with one attached hydrogen (secondary N) is 1. The van der Waals surface area contributed by atoms with E-state index in [0.717, 1.165) is 29.7 Å². The molecule has 0 bridgehead atoms. The van der Waals surface area contributed by atoms with Gasteiger partial charge < -0.3 is 14.8 Å². The van der Waals surface area contributed by atoms with E-state index in [2.05, 4.69) is 5.32 Å². The van der Waals surface area contributed by atoms with E-state index in [1.807, 2.05) is 26.0 Å². The number of carbonyl (C=O) groups is 4. The SMILES string of the molecule is CCCCOC(=O)c1ccc(N2C(=O)C(Cl)=C(Nc3ccc(C(=O)Oc4ccc(CC)cc4)cc3)C2=O)cc1. The fourth-order valence-corrected chi connectivity index (χ4v) is 3.99. The van der Waals surface area contributed by atoms with E-state index in [4.69, 9.17) is 21.1 Å². The molecule has 0 radical (unpaired) electrons. The van der Waals surface area contributed by atoms with Gasteiger partial charge in [-0.15, -0.1) is 0 Å². The van der Waals surface area contributed by atoms with Gasteiger partial charge in [-0.3, -0.25) is 9.59 Å². The number of ether oxygens (including phenoxy) is 2. The van der Waals surface area contributed by atoms with Crippen LogP contribution in [0.4, 0.5) is 11.4 Å². The van der Waals surface area contributed by atoms with Gasteiger partial charge in [-0.25, -0.2) is 14.5 Å². The molecule has 3 aromatic carbocycles. The van der Waals surface area contributed by atoms with Crippen LogP contribution < -0.4 is 15.0 Å². The molecule has 0 spiro atoms. The highest BCUT2D eigenvalue weighted by Crippen LogP contribution is 2.30. The van der Waals surface area contributed by atoms with Gasteiger partial charge in [-0.1, -0.05) is 44.0 Å². The number of hydrogen-bond acceptors (Lipinski definition) is 7. The molecule has 1 aliphatic rings. The second-order valence-corrected chi connectivity index (χ2v) is 9.14. The largest absolute Gasteiger partial charge is 0.462 e. The minimum atomic E-state index is -0.697. The van der Waals surface area contributed by atoms with E-state index in [1.54, 1.807) is 24.3 Å². The standard InChI is InChI=1S/C30H27ClN2O6/c1-3-5-18-38-29(36)20-10-14-23(15-11-20)33-27(34)25(31)26(28(33)35)32-22-12-8-21(9-13-22)30(37)39-24-16-6-19(4-2)7-17-24/h6-17,32H,3-5,18H2,1-2H3. The summed E-state index contributed by atoms with van der Waals surface area (Å²) in [5.41, 5.74) is 2.36. The number of hydrogen-bond donors (Lipinski definition) is 1. The second-order valence-electron chi connectivity index (χ2n) is 8.76. The number of benzene rings is 3. The van der Waals surface area contributed by atoms with Crippen molar-refractivity contribution in [3.05, 3.63) is 100 Å². The maximum absolute atomic E-state index is 13.1. The van der Waals surface area contributed by atoms with E-state index in [1.165, 1.54) is 36.4 Å². The second kappa shape index (κ2) is 12.4. The summed E-state index contributed by atoms with van der Waals surface area (Å²) >= 11 is 6.22. The monoisotopic (exact) mass is 546 g/mol. The quantitative estimate of drug-likeness (QED) is 0.147. The Morgan fingerprint density at radius 2 is 1.44 bits per heavy atom. The molecule has 39 heavy (non-hydrogen) atoms. The van der Waals surface area contributed by atoms with Crippen LogP contribution in [0.1, 0.15) is 53.0 Å². The predicted octanol–water partition coefficient (Wildman–Crippen LogP) is 5.86. The van der Waals surface area contributed by atoms with Crippen molar-refractivity contribution in [1.82, 2.24) is 0 Å². The van der Waals surface area contributed by atoms with Crippen LogP contribution in [-0.2, 0) is 20.7 Å². The van der Waals surface area contributed by atoms with Crippen molar-refractivity contribution in [1.29, 1.82) is 0 Å². The third-order valence-electron chi connectivity index (χ3n) is 6.05. The average Bonchev–Trinajstić information content (AvgIpc) is 3.16. The number of imide groups is 1. The number of unbranched alkanes of at least 4 members (excludes halogenated alkanes) is 1. The zero-order valence-corrected chi connectivity index (χ0v) is 22.3. The molecular formula is C30H27ClN2O6. The van der Waals surface area contributed by atoms with Crippen LogP contribution in [0.3, 0.4) is 0 Å². The molecule has 0 aliphatic carbocycles.